The highest BCUT2D eigenvalue weighted by molar-refractivity contribution is 5.88. The van der Waals surface area contributed by atoms with Crippen molar-refractivity contribution in [3.63, 3.8) is 0 Å². The molecule has 2 rings (SSSR count). The molecular weight excluding hydrogens is 372 g/mol. The maximum absolute atomic E-state index is 12.2. The molecule has 7 N–H and O–H groups in total. The second-order valence-electron chi connectivity index (χ2n) is 6.74. The van der Waals surface area contributed by atoms with E-state index in [1.807, 2.05) is 60.7 Å². The maximum Gasteiger partial charge on any atom is 0.328 e. The van der Waals surface area contributed by atoms with E-state index in [1.165, 1.54) is 0 Å². The molecule has 8 heteroatoms. The first kappa shape index (κ1) is 22.1. The fourth-order valence-corrected chi connectivity index (χ4v) is 2.73. The smallest absolute Gasteiger partial charge is 0.328 e. The zero-order chi connectivity index (χ0) is 21.2. The summed E-state index contributed by atoms with van der Waals surface area (Å²) in [4.78, 5) is 35.9. The SMILES string of the molecule is N[C@@H](Cc1ccccc1)C(=O)NC[C@H](NC(=O)[C@@H](N)Cc1ccccc1)C(=O)O. The number of aliphatic carboxylic acids is 1. The standard InChI is InChI=1S/C21H26N4O4/c22-16(11-14-7-3-1-4-8-14)19(26)24-13-18(21(28)29)25-20(27)17(23)12-15-9-5-2-6-10-15/h1-10,16-18H,11-13,22-23H2,(H,24,26)(H,25,27)(H,28,29)/t16-,17-,18-/m0/s1. The molecule has 0 heterocycles. The van der Waals surface area contributed by atoms with Crippen molar-refractivity contribution < 1.29 is 19.5 Å². The van der Waals surface area contributed by atoms with E-state index < -0.39 is 35.9 Å². The minimum Gasteiger partial charge on any atom is -0.480 e. The zero-order valence-corrected chi connectivity index (χ0v) is 16.0. The third kappa shape index (κ3) is 7.36. The number of hydrogen-bond acceptors (Lipinski definition) is 5. The van der Waals surface area contributed by atoms with Gasteiger partial charge in [-0.25, -0.2) is 4.79 Å². The van der Waals surface area contributed by atoms with Crippen molar-refractivity contribution in [2.24, 2.45) is 11.5 Å². The van der Waals surface area contributed by atoms with Gasteiger partial charge in [0.15, 0.2) is 0 Å². The van der Waals surface area contributed by atoms with Gasteiger partial charge in [0.25, 0.3) is 0 Å². The first-order valence-electron chi connectivity index (χ1n) is 9.26. The Bertz CT molecular complexity index is 814. The molecule has 0 aliphatic rings. The number of carboxylic acid groups (broad SMARTS) is 1. The van der Waals surface area contributed by atoms with E-state index in [4.69, 9.17) is 11.5 Å². The van der Waals surface area contributed by atoms with Crippen LogP contribution in [0.1, 0.15) is 11.1 Å². The number of amides is 2. The summed E-state index contributed by atoms with van der Waals surface area (Å²) in [7, 11) is 0. The molecule has 154 valence electrons. The number of carboxylic acids is 1. The Hall–Kier alpha value is -3.23. The van der Waals surface area contributed by atoms with E-state index in [2.05, 4.69) is 10.6 Å². The summed E-state index contributed by atoms with van der Waals surface area (Å²) in [5.74, 6) is -2.38. The lowest BCUT2D eigenvalue weighted by atomic mass is 10.1. The van der Waals surface area contributed by atoms with Gasteiger partial charge in [0.05, 0.1) is 12.1 Å². The summed E-state index contributed by atoms with van der Waals surface area (Å²) in [5.41, 5.74) is 13.5. The maximum atomic E-state index is 12.2. The number of nitrogens with two attached hydrogens (primary N) is 2. The minimum atomic E-state index is -1.31. The molecule has 2 amide bonds. The Kier molecular flexibility index (Phi) is 8.32. The van der Waals surface area contributed by atoms with E-state index in [0.29, 0.717) is 6.42 Å². The Balaban J connectivity index is 1.84. The van der Waals surface area contributed by atoms with Gasteiger partial charge in [-0.1, -0.05) is 60.7 Å². The molecule has 0 saturated heterocycles. The molecule has 0 aromatic heterocycles. The second kappa shape index (κ2) is 10.9. The summed E-state index contributed by atoms with van der Waals surface area (Å²) in [6.45, 7) is -0.291. The van der Waals surface area contributed by atoms with Crippen molar-refractivity contribution in [1.82, 2.24) is 10.6 Å². The third-order valence-corrected chi connectivity index (χ3v) is 4.37. The molecule has 0 spiro atoms. The van der Waals surface area contributed by atoms with Crippen molar-refractivity contribution >= 4 is 17.8 Å². The fraction of sp³-hybridized carbons (Fsp3) is 0.286. The zero-order valence-electron chi connectivity index (χ0n) is 16.0. The van der Waals surface area contributed by atoms with Gasteiger partial charge in [-0.3, -0.25) is 9.59 Å². The van der Waals surface area contributed by atoms with Crippen LogP contribution in [0.4, 0.5) is 0 Å². The molecule has 0 radical (unpaired) electrons. The van der Waals surface area contributed by atoms with Crippen LogP contribution < -0.4 is 22.1 Å². The number of benzene rings is 2. The lowest BCUT2D eigenvalue weighted by Gasteiger charge is -2.19. The molecule has 2 aromatic carbocycles. The lowest BCUT2D eigenvalue weighted by molar-refractivity contribution is -0.142. The summed E-state index contributed by atoms with van der Waals surface area (Å²) in [6, 6.07) is 15.4. The molecule has 0 unspecified atom stereocenters. The van der Waals surface area contributed by atoms with Gasteiger partial charge in [-0.2, -0.15) is 0 Å². The van der Waals surface area contributed by atoms with E-state index in [0.717, 1.165) is 11.1 Å². The molecule has 0 bridgehead atoms. The first-order valence-corrected chi connectivity index (χ1v) is 9.26. The second-order valence-corrected chi connectivity index (χ2v) is 6.74. The topological polar surface area (TPSA) is 148 Å². The van der Waals surface area contributed by atoms with Crippen LogP contribution in [-0.4, -0.2) is 47.6 Å². The molecule has 29 heavy (non-hydrogen) atoms. The van der Waals surface area contributed by atoms with Crippen LogP contribution in [0.2, 0.25) is 0 Å². The minimum absolute atomic E-state index is 0.271. The van der Waals surface area contributed by atoms with E-state index in [9.17, 15) is 19.5 Å². The lowest BCUT2D eigenvalue weighted by Crippen LogP contribution is -2.54. The predicted octanol–water partition coefficient (Wildman–Crippen LogP) is -0.188. The summed E-state index contributed by atoms with van der Waals surface area (Å²) >= 11 is 0. The molecule has 2 aromatic rings. The van der Waals surface area contributed by atoms with Crippen molar-refractivity contribution in [3.8, 4) is 0 Å². The Morgan fingerprint density at radius 2 is 1.24 bits per heavy atom. The normalized spacial score (nSPS) is 13.7. The van der Waals surface area contributed by atoms with E-state index >= 15 is 0 Å². The van der Waals surface area contributed by atoms with Gasteiger partial charge < -0.3 is 27.2 Å². The number of nitrogens with one attached hydrogen (secondary N) is 2. The van der Waals surface area contributed by atoms with E-state index in [-0.39, 0.29) is 13.0 Å². The fourth-order valence-electron chi connectivity index (χ4n) is 2.73. The van der Waals surface area contributed by atoms with Crippen LogP contribution >= 0.6 is 0 Å². The van der Waals surface area contributed by atoms with Crippen LogP contribution in [0.3, 0.4) is 0 Å². The van der Waals surface area contributed by atoms with Crippen LogP contribution in [0.25, 0.3) is 0 Å². The highest BCUT2D eigenvalue weighted by Crippen LogP contribution is 2.03. The van der Waals surface area contributed by atoms with Crippen LogP contribution in [0.5, 0.6) is 0 Å². The highest BCUT2D eigenvalue weighted by atomic mass is 16.4. The molecule has 0 fully saturated rings. The average Bonchev–Trinajstić information content (AvgIpc) is 2.71. The van der Waals surface area contributed by atoms with Crippen molar-refractivity contribution in [3.05, 3.63) is 71.8 Å². The Morgan fingerprint density at radius 1 is 0.793 bits per heavy atom. The van der Waals surface area contributed by atoms with Crippen LogP contribution in [0, 0.1) is 0 Å². The predicted molar refractivity (Wildman–Crippen MR) is 109 cm³/mol. The quantitative estimate of drug-likeness (QED) is 0.375. The largest absolute Gasteiger partial charge is 0.480 e. The van der Waals surface area contributed by atoms with Gasteiger partial charge in [-0.05, 0) is 24.0 Å². The number of rotatable bonds is 10. The Morgan fingerprint density at radius 3 is 1.69 bits per heavy atom. The van der Waals surface area contributed by atoms with Gasteiger partial charge in [0.1, 0.15) is 6.04 Å². The van der Waals surface area contributed by atoms with Gasteiger partial charge in [0.2, 0.25) is 11.8 Å². The molecule has 8 nitrogen and oxygen atoms in total. The Labute approximate surface area is 169 Å². The van der Waals surface area contributed by atoms with Crippen LogP contribution in [-0.2, 0) is 27.2 Å². The molecule has 3 atom stereocenters. The third-order valence-electron chi connectivity index (χ3n) is 4.37. The molecule has 0 saturated carbocycles. The van der Waals surface area contributed by atoms with E-state index in [1.54, 1.807) is 0 Å². The van der Waals surface area contributed by atoms with Crippen LogP contribution in [0.15, 0.2) is 60.7 Å². The van der Waals surface area contributed by atoms with Gasteiger partial charge in [-0.15, -0.1) is 0 Å². The molecular formula is C21H26N4O4. The van der Waals surface area contributed by atoms with Crippen molar-refractivity contribution in [2.45, 2.75) is 31.0 Å². The average molecular weight is 398 g/mol. The van der Waals surface area contributed by atoms with Gasteiger partial charge in [0, 0.05) is 6.54 Å². The molecule has 0 aliphatic heterocycles. The number of carbonyl (C=O) groups excluding carboxylic acids is 2. The van der Waals surface area contributed by atoms with Crippen molar-refractivity contribution in [2.75, 3.05) is 6.54 Å². The summed E-state index contributed by atoms with van der Waals surface area (Å²) in [5, 5.41) is 14.2. The summed E-state index contributed by atoms with van der Waals surface area (Å²) < 4.78 is 0. The summed E-state index contributed by atoms with van der Waals surface area (Å²) in [6.07, 6.45) is 0.589. The monoisotopic (exact) mass is 398 g/mol. The number of carbonyl (C=O) groups is 3. The first-order chi connectivity index (χ1) is 13.9. The highest BCUT2D eigenvalue weighted by Gasteiger charge is 2.25. The van der Waals surface area contributed by atoms with Crippen molar-refractivity contribution in [1.29, 1.82) is 0 Å². The van der Waals surface area contributed by atoms with Gasteiger partial charge >= 0.3 is 5.97 Å². The number of hydrogen-bond donors (Lipinski definition) is 5. The molecule has 0 aliphatic carbocycles.